The fourth-order valence-corrected chi connectivity index (χ4v) is 1.56. The number of nitrogen functional groups attached to an aromatic ring is 1. The van der Waals surface area contributed by atoms with Crippen LogP contribution >= 0.6 is 0 Å². The zero-order chi connectivity index (χ0) is 14.5. The SMILES string of the molecule is CCc1cnc(CNc2nc(NN)ccc2[N+](=O)[O-])o1. The number of hydrazine groups is 1. The van der Waals surface area contributed by atoms with Crippen LogP contribution < -0.4 is 16.6 Å². The van der Waals surface area contributed by atoms with Crippen molar-refractivity contribution in [3.05, 3.63) is 40.1 Å². The first kappa shape index (κ1) is 13.7. The maximum absolute atomic E-state index is 10.9. The quantitative estimate of drug-likeness (QED) is 0.410. The summed E-state index contributed by atoms with van der Waals surface area (Å²) in [5.74, 6) is 6.84. The van der Waals surface area contributed by atoms with Gasteiger partial charge in [0, 0.05) is 12.5 Å². The van der Waals surface area contributed by atoms with Gasteiger partial charge in [-0.05, 0) is 6.07 Å². The van der Waals surface area contributed by atoms with Crippen LogP contribution in [-0.2, 0) is 13.0 Å². The molecule has 2 aromatic rings. The highest BCUT2D eigenvalue weighted by Gasteiger charge is 2.16. The Bertz CT molecular complexity index is 612. The van der Waals surface area contributed by atoms with E-state index in [9.17, 15) is 10.1 Å². The van der Waals surface area contributed by atoms with Crippen molar-refractivity contribution in [1.29, 1.82) is 0 Å². The number of nitrogens with two attached hydrogens (primary N) is 1. The molecule has 0 atom stereocenters. The molecule has 0 spiro atoms. The van der Waals surface area contributed by atoms with Crippen molar-refractivity contribution in [3.63, 3.8) is 0 Å². The third-order valence-electron chi connectivity index (χ3n) is 2.58. The Morgan fingerprint density at radius 1 is 1.50 bits per heavy atom. The molecule has 9 heteroatoms. The van der Waals surface area contributed by atoms with E-state index in [-0.39, 0.29) is 18.1 Å². The largest absolute Gasteiger partial charge is 0.444 e. The second-order valence-electron chi connectivity index (χ2n) is 3.89. The molecule has 0 saturated heterocycles. The highest BCUT2D eigenvalue weighted by Crippen LogP contribution is 2.24. The minimum atomic E-state index is -0.525. The molecule has 2 heterocycles. The van der Waals surface area contributed by atoms with Crippen LogP contribution in [0.4, 0.5) is 17.3 Å². The summed E-state index contributed by atoms with van der Waals surface area (Å²) in [6.07, 6.45) is 2.36. The molecule has 2 rings (SSSR count). The third kappa shape index (κ3) is 3.01. The van der Waals surface area contributed by atoms with Crippen molar-refractivity contribution in [2.45, 2.75) is 19.9 Å². The molecule has 0 aliphatic carbocycles. The number of rotatable bonds is 6. The fraction of sp³-hybridized carbons (Fsp3) is 0.273. The summed E-state index contributed by atoms with van der Waals surface area (Å²) in [4.78, 5) is 18.4. The molecule has 0 radical (unpaired) electrons. The molecule has 4 N–H and O–H groups in total. The second-order valence-corrected chi connectivity index (χ2v) is 3.89. The van der Waals surface area contributed by atoms with Crippen molar-refractivity contribution in [2.75, 3.05) is 10.7 Å². The first-order valence-corrected chi connectivity index (χ1v) is 5.93. The van der Waals surface area contributed by atoms with Gasteiger partial charge in [-0.15, -0.1) is 0 Å². The Morgan fingerprint density at radius 3 is 2.90 bits per heavy atom. The van der Waals surface area contributed by atoms with Crippen molar-refractivity contribution >= 4 is 17.3 Å². The lowest BCUT2D eigenvalue weighted by molar-refractivity contribution is -0.384. The number of nitrogens with zero attached hydrogens (tertiary/aromatic N) is 3. The van der Waals surface area contributed by atoms with Crippen LogP contribution in [0.5, 0.6) is 0 Å². The van der Waals surface area contributed by atoms with Gasteiger partial charge >= 0.3 is 5.69 Å². The van der Waals surface area contributed by atoms with Crippen molar-refractivity contribution in [2.24, 2.45) is 5.84 Å². The Morgan fingerprint density at radius 2 is 2.30 bits per heavy atom. The van der Waals surface area contributed by atoms with Gasteiger partial charge < -0.3 is 15.2 Å². The van der Waals surface area contributed by atoms with Crippen LogP contribution in [0.25, 0.3) is 0 Å². The summed E-state index contributed by atoms with van der Waals surface area (Å²) in [7, 11) is 0. The van der Waals surface area contributed by atoms with Gasteiger partial charge in [0.2, 0.25) is 11.7 Å². The van der Waals surface area contributed by atoms with E-state index in [1.165, 1.54) is 12.1 Å². The van der Waals surface area contributed by atoms with Gasteiger partial charge in [-0.1, -0.05) is 6.92 Å². The van der Waals surface area contributed by atoms with Gasteiger partial charge in [-0.2, -0.15) is 0 Å². The van der Waals surface area contributed by atoms with Gasteiger partial charge in [0.15, 0.2) is 0 Å². The number of aryl methyl sites for hydroxylation is 1. The zero-order valence-electron chi connectivity index (χ0n) is 10.8. The van der Waals surface area contributed by atoms with Gasteiger partial charge in [0.05, 0.1) is 17.7 Å². The molecular formula is C11H14N6O3. The number of oxazole rings is 1. The predicted molar refractivity (Wildman–Crippen MR) is 71.9 cm³/mol. The van der Waals surface area contributed by atoms with Crippen LogP contribution in [0, 0.1) is 10.1 Å². The third-order valence-corrected chi connectivity index (χ3v) is 2.58. The van der Waals surface area contributed by atoms with E-state index in [1.807, 2.05) is 6.92 Å². The first-order valence-electron chi connectivity index (χ1n) is 5.93. The molecule has 106 valence electrons. The van der Waals surface area contributed by atoms with Crippen molar-refractivity contribution in [3.8, 4) is 0 Å². The Kier molecular flexibility index (Phi) is 4.11. The molecule has 0 saturated carbocycles. The van der Waals surface area contributed by atoms with E-state index in [4.69, 9.17) is 10.3 Å². The number of anilines is 2. The minimum Gasteiger partial charge on any atom is -0.444 e. The van der Waals surface area contributed by atoms with Crippen LogP contribution in [-0.4, -0.2) is 14.9 Å². The lowest BCUT2D eigenvalue weighted by Gasteiger charge is -2.06. The second kappa shape index (κ2) is 5.97. The van der Waals surface area contributed by atoms with Gasteiger partial charge in [-0.25, -0.2) is 15.8 Å². The number of nitrogens with one attached hydrogen (secondary N) is 2. The van der Waals surface area contributed by atoms with Gasteiger partial charge in [0.1, 0.15) is 11.6 Å². The molecule has 2 aromatic heterocycles. The van der Waals surface area contributed by atoms with Crippen LogP contribution in [0.15, 0.2) is 22.7 Å². The monoisotopic (exact) mass is 278 g/mol. The molecular weight excluding hydrogens is 264 g/mol. The number of aromatic nitrogens is 2. The van der Waals surface area contributed by atoms with Gasteiger partial charge in [0.25, 0.3) is 0 Å². The average molecular weight is 278 g/mol. The molecule has 0 unspecified atom stereocenters. The summed E-state index contributed by atoms with van der Waals surface area (Å²) in [5.41, 5.74) is 2.19. The molecule has 0 fully saturated rings. The lowest BCUT2D eigenvalue weighted by atomic mass is 10.3. The summed E-state index contributed by atoms with van der Waals surface area (Å²) >= 11 is 0. The molecule has 20 heavy (non-hydrogen) atoms. The topological polar surface area (TPSA) is 132 Å². The van der Waals surface area contributed by atoms with Crippen LogP contribution in [0.3, 0.4) is 0 Å². The summed E-state index contributed by atoms with van der Waals surface area (Å²) in [5, 5.41) is 13.7. The van der Waals surface area contributed by atoms with Crippen LogP contribution in [0.2, 0.25) is 0 Å². The van der Waals surface area contributed by atoms with Crippen LogP contribution in [0.1, 0.15) is 18.6 Å². The first-order chi connectivity index (χ1) is 9.63. The van der Waals surface area contributed by atoms with E-state index in [2.05, 4.69) is 20.7 Å². The zero-order valence-corrected chi connectivity index (χ0v) is 10.8. The number of nitro groups is 1. The minimum absolute atomic E-state index is 0.0988. The normalized spacial score (nSPS) is 10.3. The average Bonchev–Trinajstić information content (AvgIpc) is 2.92. The highest BCUT2D eigenvalue weighted by atomic mass is 16.6. The fourth-order valence-electron chi connectivity index (χ4n) is 1.56. The predicted octanol–water partition coefficient (Wildman–Crippen LogP) is 1.44. The molecule has 0 amide bonds. The van der Waals surface area contributed by atoms with E-state index < -0.39 is 4.92 Å². The maximum atomic E-state index is 10.9. The standard InChI is InChI=1S/C11H14N6O3/c1-2-7-5-13-10(20-7)6-14-11-8(17(18)19)3-4-9(15-11)16-12/h3-5H,2,6,12H2,1H3,(H2,14,15,16). The Balaban J connectivity index is 2.16. The van der Waals surface area contributed by atoms with E-state index in [0.717, 1.165) is 12.2 Å². The van der Waals surface area contributed by atoms with Crippen molar-refractivity contribution < 1.29 is 9.34 Å². The molecule has 0 aliphatic rings. The lowest BCUT2D eigenvalue weighted by Crippen LogP contribution is -2.11. The molecule has 0 aliphatic heterocycles. The Hall–Kier alpha value is -2.68. The molecule has 0 aromatic carbocycles. The molecule has 0 bridgehead atoms. The maximum Gasteiger partial charge on any atom is 0.311 e. The summed E-state index contributed by atoms with van der Waals surface area (Å²) in [6, 6.07) is 2.74. The number of hydrogen-bond acceptors (Lipinski definition) is 8. The summed E-state index contributed by atoms with van der Waals surface area (Å²) < 4.78 is 5.40. The van der Waals surface area contributed by atoms with E-state index in [0.29, 0.717) is 11.7 Å². The van der Waals surface area contributed by atoms with E-state index >= 15 is 0 Å². The summed E-state index contributed by atoms with van der Waals surface area (Å²) in [6.45, 7) is 2.14. The number of pyridine rings is 1. The molecule has 9 nitrogen and oxygen atoms in total. The van der Waals surface area contributed by atoms with Gasteiger partial charge in [-0.3, -0.25) is 10.1 Å². The van der Waals surface area contributed by atoms with E-state index in [1.54, 1.807) is 6.20 Å². The Labute approximate surface area is 114 Å². The smallest absolute Gasteiger partial charge is 0.311 e. The highest BCUT2D eigenvalue weighted by molar-refractivity contribution is 5.59. The van der Waals surface area contributed by atoms with Crippen molar-refractivity contribution in [1.82, 2.24) is 9.97 Å². The number of hydrogen-bond donors (Lipinski definition) is 3.